The van der Waals surface area contributed by atoms with Crippen LogP contribution in [0.3, 0.4) is 0 Å². The number of hydrogen-bond acceptors (Lipinski definition) is 5. The second-order valence-corrected chi connectivity index (χ2v) is 8.22. The number of nitrogens with zero attached hydrogens (tertiary/aromatic N) is 3. The third kappa shape index (κ3) is 4.82. The Morgan fingerprint density at radius 1 is 1.06 bits per heavy atom. The van der Waals surface area contributed by atoms with Crippen molar-refractivity contribution < 1.29 is 14.5 Å². The molecule has 0 saturated heterocycles. The second-order valence-electron chi connectivity index (χ2n) is 7.21. The highest BCUT2D eigenvalue weighted by molar-refractivity contribution is 7.16. The Labute approximate surface area is 188 Å². The third-order valence-electron chi connectivity index (χ3n) is 5.05. The molecular weight excluding hydrogens is 426 g/mol. The molecule has 0 N–H and O–H groups in total. The Morgan fingerprint density at radius 2 is 1.78 bits per heavy atom. The van der Waals surface area contributed by atoms with Gasteiger partial charge >= 0.3 is 0 Å². The SMILES string of the molecule is COCCn1c(=NC(=O)c2ccc(Cc3ccccc3)cc2)sc2cc([N+](=O)[O-])ccc21. The van der Waals surface area contributed by atoms with Crippen molar-refractivity contribution in [2.24, 2.45) is 4.99 Å². The minimum absolute atomic E-state index is 0.00419. The zero-order chi connectivity index (χ0) is 22.5. The standard InChI is InChI=1S/C24H21N3O4S/c1-31-14-13-26-21-12-11-20(27(29)30)16-22(21)32-24(26)25-23(28)19-9-7-18(8-10-19)15-17-5-3-2-4-6-17/h2-12,16H,13-15H2,1H3. The van der Waals surface area contributed by atoms with Gasteiger partial charge in [-0.25, -0.2) is 0 Å². The van der Waals surface area contributed by atoms with E-state index in [2.05, 4.69) is 17.1 Å². The molecule has 32 heavy (non-hydrogen) atoms. The predicted molar refractivity (Wildman–Crippen MR) is 124 cm³/mol. The number of ether oxygens (including phenoxy) is 1. The summed E-state index contributed by atoms with van der Waals surface area (Å²) in [6, 6.07) is 22.2. The van der Waals surface area contributed by atoms with Crippen LogP contribution in [-0.4, -0.2) is 29.1 Å². The molecule has 162 valence electrons. The van der Waals surface area contributed by atoms with E-state index in [4.69, 9.17) is 4.74 Å². The number of fused-ring (bicyclic) bond motifs is 1. The van der Waals surface area contributed by atoms with Gasteiger partial charge in [-0.3, -0.25) is 14.9 Å². The van der Waals surface area contributed by atoms with E-state index in [0.29, 0.717) is 28.2 Å². The number of amides is 1. The van der Waals surface area contributed by atoms with Crippen molar-refractivity contribution in [1.29, 1.82) is 0 Å². The normalized spacial score (nSPS) is 11.7. The van der Waals surface area contributed by atoms with Crippen molar-refractivity contribution in [3.05, 3.63) is 104 Å². The van der Waals surface area contributed by atoms with Gasteiger partial charge in [0.1, 0.15) is 0 Å². The van der Waals surface area contributed by atoms with Gasteiger partial charge in [0.05, 0.1) is 21.7 Å². The molecule has 0 saturated carbocycles. The fourth-order valence-corrected chi connectivity index (χ4v) is 4.50. The van der Waals surface area contributed by atoms with E-state index in [1.807, 2.05) is 34.9 Å². The fourth-order valence-electron chi connectivity index (χ4n) is 3.41. The zero-order valence-electron chi connectivity index (χ0n) is 17.4. The van der Waals surface area contributed by atoms with Crippen LogP contribution in [0.1, 0.15) is 21.5 Å². The van der Waals surface area contributed by atoms with E-state index in [1.165, 1.54) is 29.0 Å². The van der Waals surface area contributed by atoms with Gasteiger partial charge in [-0.15, -0.1) is 0 Å². The summed E-state index contributed by atoms with van der Waals surface area (Å²) in [5, 5.41) is 11.1. The van der Waals surface area contributed by atoms with Crippen LogP contribution < -0.4 is 4.80 Å². The van der Waals surface area contributed by atoms with Crippen molar-refractivity contribution in [2.75, 3.05) is 13.7 Å². The van der Waals surface area contributed by atoms with E-state index < -0.39 is 4.92 Å². The molecule has 1 amide bonds. The molecule has 0 aliphatic carbocycles. The van der Waals surface area contributed by atoms with Gasteiger partial charge in [-0.2, -0.15) is 4.99 Å². The number of nitro groups is 1. The minimum Gasteiger partial charge on any atom is -0.383 e. The van der Waals surface area contributed by atoms with Crippen LogP contribution in [0, 0.1) is 10.1 Å². The lowest BCUT2D eigenvalue weighted by atomic mass is 10.0. The quantitative estimate of drug-likeness (QED) is 0.306. The summed E-state index contributed by atoms with van der Waals surface area (Å²) in [4.78, 5) is 28.3. The lowest BCUT2D eigenvalue weighted by Crippen LogP contribution is -2.19. The largest absolute Gasteiger partial charge is 0.383 e. The molecule has 7 nitrogen and oxygen atoms in total. The van der Waals surface area contributed by atoms with Crippen LogP contribution in [0.4, 0.5) is 5.69 Å². The molecule has 0 aliphatic rings. The van der Waals surface area contributed by atoms with E-state index in [9.17, 15) is 14.9 Å². The first-order chi connectivity index (χ1) is 15.5. The van der Waals surface area contributed by atoms with Gasteiger partial charge in [0.15, 0.2) is 4.80 Å². The van der Waals surface area contributed by atoms with Crippen LogP contribution in [0.25, 0.3) is 10.2 Å². The summed E-state index contributed by atoms with van der Waals surface area (Å²) in [5.41, 5.74) is 3.59. The fraction of sp³-hybridized carbons (Fsp3) is 0.167. The molecule has 0 unspecified atom stereocenters. The first-order valence-electron chi connectivity index (χ1n) is 10.0. The first-order valence-corrected chi connectivity index (χ1v) is 10.9. The monoisotopic (exact) mass is 447 g/mol. The lowest BCUT2D eigenvalue weighted by Gasteiger charge is -2.04. The molecule has 0 bridgehead atoms. The van der Waals surface area contributed by atoms with Gasteiger partial charge in [-0.05, 0) is 35.7 Å². The molecule has 8 heteroatoms. The number of rotatable bonds is 7. The zero-order valence-corrected chi connectivity index (χ0v) is 18.2. The Balaban J connectivity index is 1.65. The topological polar surface area (TPSA) is 86.7 Å². The number of thiazole rings is 1. The maximum atomic E-state index is 12.8. The first kappa shape index (κ1) is 21.6. The Hall–Kier alpha value is -3.62. The summed E-state index contributed by atoms with van der Waals surface area (Å²) in [7, 11) is 1.60. The average Bonchev–Trinajstić information content (AvgIpc) is 3.14. The van der Waals surface area contributed by atoms with Crippen LogP contribution in [0.5, 0.6) is 0 Å². The highest BCUT2D eigenvalue weighted by Gasteiger charge is 2.13. The summed E-state index contributed by atoms with van der Waals surface area (Å²) in [6.07, 6.45) is 0.790. The number of carbonyl (C=O) groups is 1. The van der Waals surface area contributed by atoms with Crippen molar-refractivity contribution in [3.8, 4) is 0 Å². The third-order valence-corrected chi connectivity index (χ3v) is 6.09. The summed E-state index contributed by atoms with van der Waals surface area (Å²) in [5.74, 6) is -0.358. The number of methoxy groups -OCH3 is 1. The van der Waals surface area contributed by atoms with E-state index >= 15 is 0 Å². The van der Waals surface area contributed by atoms with Crippen molar-refractivity contribution in [3.63, 3.8) is 0 Å². The number of non-ortho nitro benzene ring substituents is 1. The van der Waals surface area contributed by atoms with Crippen molar-refractivity contribution in [1.82, 2.24) is 4.57 Å². The Bertz CT molecular complexity index is 1330. The predicted octanol–water partition coefficient (Wildman–Crippen LogP) is 4.59. The molecule has 0 aliphatic heterocycles. The molecule has 0 fully saturated rings. The van der Waals surface area contributed by atoms with Gasteiger partial charge < -0.3 is 9.30 Å². The number of nitro benzene ring substituents is 1. The number of benzene rings is 3. The van der Waals surface area contributed by atoms with Crippen molar-refractivity contribution in [2.45, 2.75) is 13.0 Å². The van der Waals surface area contributed by atoms with Crippen LogP contribution in [0.15, 0.2) is 77.8 Å². The lowest BCUT2D eigenvalue weighted by molar-refractivity contribution is -0.384. The average molecular weight is 448 g/mol. The Kier molecular flexibility index (Phi) is 6.53. The highest BCUT2D eigenvalue weighted by Crippen LogP contribution is 2.23. The van der Waals surface area contributed by atoms with E-state index in [-0.39, 0.29) is 11.6 Å². The smallest absolute Gasteiger partial charge is 0.279 e. The van der Waals surface area contributed by atoms with Crippen LogP contribution in [0.2, 0.25) is 0 Å². The van der Waals surface area contributed by atoms with Gasteiger partial charge in [0.25, 0.3) is 11.6 Å². The summed E-state index contributed by atoms with van der Waals surface area (Å²) >= 11 is 1.25. The number of aromatic nitrogens is 1. The highest BCUT2D eigenvalue weighted by atomic mass is 32.1. The van der Waals surface area contributed by atoms with Gasteiger partial charge in [0.2, 0.25) is 0 Å². The van der Waals surface area contributed by atoms with Crippen molar-refractivity contribution >= 4 is 33.1 Å². The van der Waals surface area contributed by atoms with Crippen LogP contribution >= 0.6 is 11.3 Å². The maximum Gasteiger partial charge on any atom is 0.279 e. The van der Waals surface area contributed by atoms with Crippen LogP contribution in [-0.2, 0) is 17.7 Å². The van der Waals surface area contributed by atoms with Gasteiger partial charge in [0, 0.05) is 31.4 Å². The second kappa shape index (κ2) is 9.67. The minimum atomic E-state index is -0.433. The van der Waals surface area contributed by atoms with E-state index in [0.717, 1.165) is 17.5 Å². The molecule has 1 heterocycles. The van der Waals surface area contributed by atoms with E-state index in [1.54, 1.807) is 25.3 Å². The molecule has 0 spiro atoms. The molecule has 1 aromatic heterocycles. The molecule has 4 rings (SSSR count). The Morgan fingerprint density at radius 3 is 2.47 bits per heavy atom. The maximum absolute atomic E-state index is 12.8. The summed E-state index contributed by atoms with van der Waals surface area (Å²) in [6.45, 7) is 0.912. The number of carbonyl (C=O) groups excluding carboxylic acids is 1. The molecular formula is C24H21N3O4S. The molecule has 3 aromatic carbocycles. The van der Waals surface area contributed by atoms with Gasteiger partial charge in [-0.1, -0.05) is 53.8 Å². The molecule has 4 aromatic rings. The molecule has 0 atom stereocenters. The molecule has 0 radical (unpaired) electrons. The summed E-state index contributed by atoms with van der Waals surface area (Å²) < 4.78 is 7.73. The number of hydrogen-bond donors (Lipinski definition) is 0.